The monoisotopic (exact) mass is 334 g/mol. The number of ether oxygens (including phenoxy) is 1. The minimum Gasteiger partial charge on any atom is -0.491 e. The number of hydrogen-bond acceptors (Lipinski definition) is 3. The van der Waals surface area contributed by atoms with E-state index in [2.05, 4.69) is 10.6 Å². The van der Waals surface area contributed by atoms with Crippen LogP contribution in [0.1, 0.15) is 18.9 Å². The number of nitrogens with one attached hydrogen (secondary N) is 2. The molecule has 22 heavy (non-hydrogen) atoms. The van der Waals surface area contributed by atoms with Gasteiger partial charge in [0.15, 0.2) is 0 Å². The molecule has 1 aliphatic heterocycles. The van der Waals surface area contributed by atoms with Crippen LogP contribution in [0.25, 0.3) is 0 Å². The van der Waals surface area contributed by atoms with Crippen LogP contribution in [0.5, 0.6) is 5.75 Å². The maximum Gasteiger partial charge on any atom is 0.262 e. The van der Waals surface area contributed by atoms with E-state index in [4.69, 9.17) is 4.74 Å². The van der Waals surface area contributed by atoms with Crippen LogP contribution in [0.2, 0.25) is 0 Å². The van der Waals surface area contributed by atoms with E-state index in [0.717, 1.165) is 11.3 Å². The second-order valence-corrected chi connectivity index (χ2v) is 5.53. The molecule has 1 heterocycles. The van der Waals surface area contributed by atoms with Gasteiger partial charge in [-0.3, -0.25) is 10.1 Å². The summed E-state index contributed by atoms with van der Waals surface area (Å²) in [5, 5.41) is 5.22. The Morgan fingerprint density at radius 2 is 2.27 bits per heavy atom. The lowest BCUT2D eigenvalue weighted by Crippen LogP contribution is -2.46. The van der Waals surface area contributed by atoms with E-state index in [1.165, 1.54) is 0 Å². The molecule has 0 radical (unpaired) electrons. The molecule has 7 heteroatoms. The highest BCUT2D eigenvalue weighted by Gasteiger charge is 2.42. The van der Waals surface area contributed by atoms with E-state index in [1.54, 1.807) is 6.92 Å². The lowest BCUT2D eigenvalue weighted by atomic mass is 10.1. The minimum absolute atomic E-state index is 0. The van der Waals surface area contributed by atoms with E-state index in [0.29, 0.717) is 0 Å². The Kier molecular flexibility index (Phi) is 6.56. The summed E-state index contributed by atoms with van der Waals surface area (Å²) in [4.78, 5) is 11.8. The van der Waals surface area contributed by atoms with Gasteiger partial charge in [-0.05, 0) is 31.5 Å². The van der Waals surface area contributed by atoms with Gasteiger partial charge in [-0.2, -0.15) is 0 Å². The molecule has 1 aromatic rings. The van der Waals surface area contributed by atoms with Crippen LogP contribution in [0.15, 0.2) is 24.3 Å². The van der Waals surface area contributed by atoms with Gasteiger partial charge >= 0.3 is 0 Å². The number of rotatable bonds is 5. The summed E-state index contributed by atoms with van der Waals surface area (Å²) in [5.74, 6) is -2.49. The third-order valence-electron chi connectivity index (χ3n) is 3.30. The van der Waals surface area contributed by atoms with Crippen molar-refractivity contribution in [1.29, 1.82) is 0 Å². The number of carbonyl (C=O) groups is 1. The molecule has 0 aromatic heterocycles. The molecular weight excluding hydrogens is 314 g/mol. The van der Waals surface area contributed by atoms with Crippen molar-refractivity contribution in [2.24, 2.45) is 0 Å². The summed E-state index contributed by atoms with van der Waals surface area (Å²) in [6, 6.07) is 6.49. The lowest BCUT2D eigenvalue weighted by molar-refractivity contribution is -0.124. The summed E-state index contributed by atoms with van der Waals surface area (Å²) in [5.41, 5.74) is 1.08. The maximum atomic E-state index is 13.0. The molecule has 1 aromatic carbocycles. The molecule has 1 saturated heterocycles. The largest absolute Gasteiger partial charge is 0.491 e. The predicted molar refractivity (Wildman–Crippen MR) is 82.9 cm³/mol. The normalized spacial score (nSPS) is 20.8. The molecule has 1 amide bonds. The van der Waals surface area contributed by atoms with Crippen molar-refractivity contribution in [2.45, 2.75) is 38.3 Å². The summed E-state index contributed by atoms with van der Waals surface area (Å²) >= 11 is 0. The van der Waals surface area contributed by atoms with E-state index in [-0.39, 0.29) is 25.1 Å². The molecule has 1 aliphatic rings. The van der Waals surface area contributed by atoms with Crippen LogP contribution in [0, 0.1) is 6.92 Å². The van der Waals surface area contributed by atoms with Gasteiger partial charge < -0.3 is 10.1 Å². The highest BCUT2D eigenvalue weighted by Crippen LogP contribution is 2.25. The van der Waals surface area contributed by atoms with Gasteiger partial charge in [-0.25, -0.2) is 8.78 Å². The molecule has 2 atom stereocenters. The molecule has 4 nitrogen and oxygen atoms in total. The van der Waals surface area contributed by atoms with Crippen molar-refractivity contribution < 1.29 is 18.3 Å². The number of hydrogen-bond donors (Lipinski definition) is 2. The molecule has 2 unspecified atom stereocenters. The van der Waals surface area contributed by atoms with Crippen LogP contribution < -0.4 is 15.4 Å². The first-order valence-corrected chi connectivity index (χ1v) is 6.97. The molecule has 0 spiro atoms. The Labute approximate surface area is 135 Å². The molecule has 1 fully saturated rings. The fourth-order valence-electron chi connectivity index (χ4n) is 2.21. The Morgan fingerprint density at radius 1 is 1.55 bits per heavy atom. The fourth-order valence-corrected chi connectivity index (χ4v) is 2.21. The minimum atomic E-state index is -2.80. The summed E-state index contributed by atoms with van der Waals surface area (Å²) in [7, 11) is 0. The van der Waals surface area contributed by atoms with Crippen molar-refractivity contribution in [3.8, 4) is 5.75 Å². The van der Waals surface area contributed by atoms with Crippen molar-refractivity contribution in [3.63, 3.8) is 0 Å². The van der Waals surface area contributed by atoms with E-state index < -0.39 is 30.8 Å². The zero-order valence-corrected chi connectivity index (χ0v) is 13.4. The van der Waals surface area contributed by atoms with Gasteiger partial charge in [0.05, 0.1) is 18.6 Å². The Morgan fingerprint density at radius 3 is 2.86 bits per heavy atom. The molecule has 124 valence electrons. The van der Waals surface area contributed by atoms with Crippen LogP contribution >= 0.6 is 12.4 Å². The van der Waals surface area contributed by atoms with Gasteiger partial charge in [0.1, 0.15) is 12.4 Å². The Bertz CT molecular complexity index is 514. The fraction of sp³-hybridized carbons (Fsp3) is 0.533. The average molecular weight is 335 g/mol. The molecule has 0 saturated carbocycles. The second kappa shape index (κ2) is 7.74. The van der Waals surface area contributed by atoms with E-state index in [9.17, 15) is 13.6 Å². The number of benzene rings is 1. The maximum absolute atomic E-state index is 13.0. The SMILES string of the molecule is Cc1cccc(OCC(C)NC(=O)C2CC(F)(F)CN2)c1.Cl. The lowest BCUT2D eigenvalue weighted by Gasteiger charge is -2.18. The van der Waals surface area contributed by atoms with Crippen molar-refractivity contribution >= 4 is 18.3 Å². The topological polar surface area (TPSA) is 50.4 Å². The van der Waals surface area contributed by atoms with Gasteiger partial charge in [0.2, 0.25) is 5.91 Å². The smallest absolute Gasteiger partial charge is 0.262 e. The summed E-state index contributed by atoms with van der Waals surface area (Å²) in [6.07, 6.45) is -0.454. The van der Waals surface area contributed by atoms with Crippen molar-refractivity contribution in [2.75, 3.05) is 13.2 Å². The van der Waals surface area contributed by atoms with Crippen LogP contribution in [0.3, 0.4) is 0 Å². The number of carbonyl (C=O) groups excluding carboxylic acids is 1. The highest BCUT2D eigenvalue weighted by atomic mass is 35.5. The zero-order chi connectivity index (χ0) is 15.5. The molecule has 0 bridgehead atoms. The summed E-state index contributed by atoms with van der Waals surface area (Å²) < 4.78 is 31.6. The Balaban J connectivity index is 0.00000242. The van der Waals surface area contributed by atoms with Gasteiger partial charge in [-0.15, -0.1) is 12.4 Å². The van der Waals surface area contributed by atoms with Crippen LogP contribution in [0.4, 0.5) is 8.78 Å². The zero-order valence-electron chi connectivity index (χ0n) is 12.6. The number of aryl methyl sites for hydroxylation is 1. The third-order valence-corrected chi connectivity index (χ3v) is 3.30. The molecule has 2 N–H and O–H groups in total. The average Bonchev–Trinajstić information content (AvgIpc) is 2.77. The van der Waals surface area contributed by atoms with E-state index in [1.807, 2.05) is 31.2 Å². The summed E-state index contributed by atoms with van der Waals surface area (Å²) in [6.45, 7) is 3.59. The molecular formula is C15H21ClF2N2O2. The number of alkyl halides is 2. The second-order valence-electron chi connectivity index (χ2n) is 5.53. The van der Waals surface area contributed by atoms with Gasteiger partial charge in [0.25, 0.3) is 5.92 Å². The standard InChI is InChI=1S/C15H20F2N2O2.ClH/c1-10-4-3-5-12(6-10)21-8-11(2)19-14(20)13-7-15(16,17)9-18-13;/h3-6,11,13,18H,7-9H2,1-2H3,(H,19,20);1H. The van der Waals surface area contributed by atoms with Crippen molar-refractivity contribution in [3.05, 3.63) is 29.8 Å². The van der Waals surface area contributed by atoms with Crippen molar-refractivity contribution in [1.82, 2.24) is 10.6 Å². The van der Waals surface area contributed by atoms with Crippen LogP contribution in [-0.4, -0.2) is 37.1 Å². The quantitative estimate of drug-likeness (QED) is 0.868. The number of halogens is 3. The molecule has 2 rings (SSSR count). The van der Waals surface area contributed by atoms with E-state index >= 15 is 0 Å². The Hall–Kier alpha value is -1.40. The van der Waals surface area contributed by atoms with Gasteiger partial charge in [0, 0.05) is 6.42 Å². The first-order chi connectivity index (χ1) is 9.85. The highest BCUT2D eigenvalue weighted by molar-refractivity contribution is 5.85. The number of amides is 1. The predicted octanol–water partition coefficient (Wildman–Crippen LogP) is 2.30. The van der Waals surface area contributed by atoms with Crippen LogP contribution in [-0.2, 0) is 4.79 Å². The molecule has 0 aliphatic carbocycles. The third kappa shape index (κ3) is 5.42. The van der Waals surface area contributed by atoms with Gasteiger partial charge in [-0.1, -0.05) is 12.1 Å². The first-order valence-electron chi connectivity index (χ1n) is 6.97. The first kappa shape index (κ1) is 18.6.